The van der Waals surface area contributed by atoms with Crippen LogP contribution in [0.1, 0.15) is 12.8 Å². The molecule has 0 heterocycles. The van der Waals surface area contributed by atoms with Gasteiger partial charge < -0.3 is 10.0 Å². The van der Waals surface area contributed by atoms with Crippen LogP contribution in [0.5, 0.6) is 0 Å². The summed E-state index contributed by atoms with van der Waals surface area (Å²) in [5.41, 5.74) is 0. The lowest BCUT2D eigenvalue weighted by Gasteiger charge is -2.26. The van der Waals surface area contributed by atoms with E-state index in [0.717, 1.165) is 4.90 Å². The second-order valence-electron chi connectivity index (χ2n) is 4.25. The second kappa shape index (κ2) is 9.97. The van der Waals surface area contributed by atoms with Crippen molar-refractivity contribution in [3.05, 3.63) is 0 Å². The zero-order chi connectivity index (χ0) is 16.3. The largest absolute Gasteiger partial charge is 0.401 e. The molecule has 0 saturated heterocycles. The number of carbonyl (C=O) groups excluding carboxylic acids is 1. The van der Waals surface area contributed by atoms with Crippen LogP contribution in [0.25, 0.3) is 0 Å². The molecule has 0 aromatic heterocycles. The lowest BCUT2D eigenvalue weighted by Crippen LogP contribution is -2.45. The van der Waals surface area contributed by atoms with Crippen LogP contribution in [0.4, 0.5) is 13.2 Å². The fourth-order valence-corrected chi connectivity index (χ4v) is 1.63. The first-order chi connectivity index (χ1) is 9.84. The Morgan fingerprint density at radius 2 is 1.62 bits per heavy atom. The fourth-order valence-electron chi connectivity index (χ4n) is 1.63. The highest BCUT2D eigenvalue weighted by Crippen LogP contribution is 2.16. The molecule has 0 saturated carbocycles. The van der Waals surface area contributed by atoms with Gasteiger partial charge in [0, 0.05) is 19.6 Å². The summed E-state index contributed by atoms with van der Waals surface area (Å²) in [5, 5.41) is 25.7. The monoisotopic (exact) mass is 306 g/mol. The van der Waals surface area contributed by atoms with E-state index in [9.17, 15) is 18.0 Å². The Morgan fingerprint density at radius 1 is 1.10 bits per heavy atom. The van der Waals surface area contributed by atoms with E-state index in [1.54, 1.807) is 0 Å². The molecule has 0 unspecified atom stereocenters. The average Bonchev–Trinajstić information content (AvgIpc) is 2.37. The first kappa shape index (κ1) is 19.2. The highest BCUT2D eigenvalue weighted by molar-refractivity contribution is 5.78. The van der Waals surface area contributed by atoms with E-state index in [1.165, 1.54) is 4.90 Å². The SMILES string of the molecule is N#CCCN(CCC#N)C(=O)CN(CCO)CC(F)(F)F. The average molecular weight is 306 g/mol. The maximum Gasteiger partial charge on any atom is 0.401 e. The predicted molar refractivity (Wildman–Crippen MR) is 66.6 cm³/mol. The highest BCUT2D eigenvalue weighted by Gasteiger charge is 2.31. The van der Waals surface area contributed by atoms with E-state index in [4.69, 9.17) is 15.6 Å². The predicted octanol–water partition coefficient (Wildman–Crippen LogP) is 0.499. The van der Waals surface area contributed by atoms with Crippen LogP contribution in [0, 0.1) is 22.7 Å². The third-order valence-corrected chi connectivity index (χ3v) is 2.52. The quantitative estimate of drug-likeness (QED) is 0.670. The summed E-state index contributed by atoms with van der Waals surface area (Å²) in [6.45, 7) is -2.47. The molecule has 0 bridgehead atoms. The summed E-state index contributed by atoms with van der Waals surface area (Å²) in [5.74, 6) is -0.599. The van der Waals surface area contributed by atoms with E-state index in [2.05, 4.69) is 0 Å². The minimum atomic E-state index is -4.47. The Balaban J connectivity index is 4.65. The first-order valence-corrected chi connectivity index (χ1v) is 6.25. The standard InChI is InChI=1S/C12H17F3N4O2/c13-12(14,15)10-18(7-8-20)9-11(21)19(5-1-3-16)6-2-4-17/h20H,1-2,5-10H2. The van der Waals surface area contributed by atoms with Crippen molar-refractivity contribution in [2.45, 2.75) is 19.0 Å². The maximum atomic E-state index is 12.4. The van der Waals surface area contributed by atoms with Crippen LogP contribution in [0.2, 0.25) is 0 Å². The molecule has 0 fully saturated rings. The number of aliphatic hydroxyl groups excluding tert-OH is 1. The van der Waals surface area contributed by atoms with Gasteiger partial charge in [0.2, 0.25) is 5.91 Å². The van der Waals surface area contributed by atoms with Crippen molar-refractivity contribution >= 4 is 5.91 Å². The van der Waals surface area contributed by atoms with Gasteiger partial charge in [-0.1, -0.05) is 0 Å². The van der Waals surface area contributed by atoms with Crippen molar-refractivity contribution in [3.63, 3.8) is 0 Å². The molecule has 0 spiro atoms. The maximum absolute atomic E-state index is 12.4. The van der Waals surface area contributed by atoms with E-state index < -0.39 is 31.8 Å². The summed E-state index contributed by atoms with van der Waals surface area (Å²) >= 11 is 0. The van der Waals surface area contributed by atoms with Crippen molar-refractivity contribution in [1.29, 1.82) is 10.5 Å². The summed E-state index contributed by atoms with van der Waals surface area (Å²) < 4.78 is 37.1. The number of rotatable bonds is 9. The number of hydrogen-bond donors (Lipinski definition) is 1. The van der Waals surface area contributed by atoms with Gasteiger partial charge in [-0.25, -0.2) is 0 Å². The molecular weight excluding hydrogens is 289 g/mol. The number of alkyl halides is 3. The van der Waals surface area contributed by atoms with Gasteiger partial charge in [-0.2, -0.15) is 23.7 Å². The van der Waals surface area contributed by atoms with Gasteiger partial charge in [0.15, 0.2) is 0 Å². The summed E-state index contributed by atoms with van der Waals surface area (Å²) in [6, 6.07) is 3.67. The van der Waals surface area contributed by atoms with Crippen molar-refractivity contribution in [2.75, 3.05) is 39.3 Å². The molecular formula is C12H17F3N4O2. The fraction of sp³-hybridized carbons (Fsp3) is 0.750. The Kier molecular flexibility index (Phi) is 9.10. The van der Waals surface area contributed by atoms with Crippen molar-refractivity contribution < 1.29 is 23.1 Å². The van der Waals surface area contributed by atoms with Crippen molar-refractivity contribution in [2.24, 2.45) is 0 Å². The van der Waals surface area contributed by atoms with Gasteiger partial charge in [-0.05, 0) is 0 Å². The van der Waals surface area contributed by atoms with E-state index in [-0.39, 0.29) is 32.5 Å². The summed E-state index contributed by atoms with van der Waals surface area (Å²) in [4.78, 5) is 13.9. The Hall–Kier alpha value is -1.84. The highest BCUT2D eigenvalue weighted by atomic mass is 19.4. The molecule has 21 heavy (non-hydrogen) atoms. The van der Waals surface area contributed by atoms with Gasteiger partial charge in [-0.3, -0.25) is 9.69 Å². The minimum absolute atomic E-state index is 0.0381. The van der Waals surface area contributed by atoms with Crippen LogP contribution < -0.4 is 0 Å². The Bertz CT molecular complexity index is 383. The second-order valence-corrected chi connectivity index (χ2v) is 4.25. The Labute approximate surface area is 121 Å². The number of amides is 1. The zero-order valence-corrected chi connectivity index (χ0v) is 11.4. The molecule has 0 aliphatic carbocycles. The van der Waals surface area contributed by atoms with Crippen LogP contribution in [0.3, 0.4) is 0 Å². The van der Waals surface area contributed by atoms with E-state index in [1.807, 2.05) is 12.1 Å². The molecule has 0 aliphatic heterocycles. The Morgan fingerprint density at radius 3 is 2.00 bits per heavy atom. The molecule has 6 nitrogen and oxygen atoms in total. The van der Waals surface area contributed by atoms with Gasteiger partial charge in [0.25, 0.3) is 0 Å². The van der Waals surface area contributed by atoms with Crippen molar-refractivity contribution in [3.8, 4) is 12.1 Å². The lowest BCUT2D eigenvalue weighted by atomic mass is 10.3. The normalized spacial score (nSPS) is 11.0. The summed E-state index contributed by atoms with van der Waals surface area (Å²) in [7, 11) is 0. The number of nitriles is 2. The summed E-state index contributed by atoms with van der Waals surface area (Å²) in [6.07, 6.45) is -4.40. The van der Waals surface area contributed by atoms with Crippen LogP contribution in [-0.2, 0) is 4.79 Å². The smallest absolute Gasteiger partial charge is 0.395 e. The number of nitrogens with zero attached hydrogens (tertiary/aromatic N) is 4. The first-order valence-electron chi connectivity index (χ1n) is 6.25. The van der Waals surface area contributed by atoms with Gasteiger partial charge in [-0.15, -0.1) is 0 Å². The third kappa shape index (κ3) is 9.66. The van der Waals surface area contributed by atoms with Gasteiger partial charge in [0.1, 0.15) is 0 Å². The molecule has 9 heteroatoms. The van der Waals surface area contributed by atoms with E-state index in [0.29, 0.717) is 0 Å². The van der Waals surface area contributed by atoms with Crippen molar-refractivity contribution in [1.82, 2.24) is 9.80 Å². The number of hydrogen-bond acceptors (Lipinski definition) is 5. The third-order valence-electron chi connectivity index (χ3n) is 2.52. The lowest BCUT2D eigenvalue weighted by molar-refractivity contribution is -0.152. The topological polar surface area (TPSA) is 91.4 Å². The molecule has 0 aromatic rings. The number of carbonyl (C=O) groups is 1. The molecule has 0 radical (unpaired) electrons. The van der Waals surface area contributed by atoms with Gasteiger partial charge >= 0.3 is 6.18 Å². The van der Waals surface area contributed by atoms with Crippen LogP contribution >= 0.6 is 0 Å². The van der Waals surface area contributed by atoms with Gasteiger partial charge in [0.05, 0.1) is 44.7 Å². The number of halogens is 3. The molecule has 0 rings (SSSR count). The molecule has 118 valence electrons. The molecule has 1 N–H and O–H groups in total. The molecule has 0 atom stereocenters. The zero-order valence-electron chi connectivity index (χ0n) is 11.4. The molecule has 0 aromatic carbocycles. The minimum Gasteiger partial charge on any atom is -0.395 e. The molecule has 0 aliphatic rings. The molecule has 1 amide bonds. The van der Waals surface area contributed by atoms with Crippen LogP contribution in [0.15, 0.2) is 0 Å². The van der Waals surface area contributed by atoms with E-state index >= 15 is 0 Å². The number of aliphatic hydroxyl groups is 1. The van der Waals surface area contributed by atoms with Crippen LogP contribution in [-0.4, -0.2) is 66.3 Å².